The first-order valence-corrected chi connectivity index (χ1v) is 10.1. The van der Waals surface area contributed by atoms with Gasteiger partial charge in [0.2, 0.25) is 0 Å². The lowest BCUT2D eigenvalue weighted by molar-refractivity contribution is -0.00797. The standard InChI is InChI=1S/C17H25NO5S/c1-17(8-5-9-18-12-17)16(23-24(2,19)20)10-13-11-21-14-6-3-4-7-15(14)22-13/h3-4,6-7,13,16,18H,5,8-12H2,1-2H3. The fourth-order valence-electron chi connectivity index (χ4n) is 3.42. The van der Waals surface area contributed by atoms with E-state index in [0.29, 0.717) is 18.8 Å². The van der Waals surface area contributed by atoms with Gasteiger partial charge in [-0.1, -0.05) is 19.1 Å². The molecule has 6 nitrogen and oxygen atoms in total. The molecule has 3 atom stereocenters. The molecule has 1 fully saturated rings. The van der Waals surface area contributed by atoms with Crippen molar-refractivity contribution < 1.29 is 22.1 Å². The van der Waals surface area contributed by atoms with Gasteiger partial charge in [-0.05, 0) is 31.5 Å². The summed E-state index contributed by atoms with van der Waals surface area (Å²) >= 11 is 0. The van der Waals surface area contributed by atoms with Gasteiger partial charge in [-0.25, -0.2) is 0 Å². The Morgan fingerprint density at radius 2 is 2.12 bits per heavy atom. The highest BCUT2D eigenvalue weighted by molar-refractivity contribution is 7.86. The molecule has 3 rings (SSSR count). The third kappa shape index (κ3) is 4.20. The van der Waals surface area contributed by atoms with E-state index in [9.17, 15) is 8.42 Å². The number of para-hydroxylation sites is 2. The maximum Gasteiger partial charge on any atom is 0.264 e. The van der Waals surface area contributed by atoms with Crippen LogP contribution in [-0.4, -0.2) is 46.6 Å². The molecule has 2 heterocycles. The Kier molecular flexibility index (Phi) is 5.03. The summed E-state index contributed by atoms with van der Waals surface area (Å²) in [5, 5.41) is 3.35. The molecular formula is C17H25NO5S. The molecule has 3 unspecified atom stereocenters. The zero-order chi connectivity index (χ0) is 17.2. The number of fused-ring (bicyclic) bond motifs is 1. The number of ether oxygens (including phenoxy) is 2. The molecule has 0 spiro atoms. The zero-order valence-electron chi connectivity index (χ0n) is 14.2. The van der Waals surface area contributed by atoms with Crippen LogP contribution in [0.15, 0.2) is 24.3 Å². The van der Waals surface area contributed by atoms with E-state index in [1.807, 2.05) is 24.3 Å². The number of hydrogen-bond acceptors (Lipinski definition) is 6. The van der Waals surface area contributed by atoms with Crippen LogP contribution in [0, 0.1) is 5.41 Å². The molecule has 0 radical (unpaired) electrons. The number of benzene rings is 1. The normalized spacial score (nSPS) is 28.3. The average Bonchev–Trinajstić information content (AvgIpc) is 2.54. The largest absolute Gasteiger partial charge is 0.486 e. The molecule has 0 bridgehead atoms. The van der Waals surface area contributed by atoms with E-state index in [-0.39, 0.29) is 11.5 Å². The summed E-state index contributed by atoms with van der Waals surface area (Å²) in [6.45, 7) is 4.16. The van der Waals surface area contributed by atoms with Crippen LogP contribution in [0.2, 0.25) is 0 Å². The summed E-state index contributed by atoms with van der Waals surface area (Å²) < 4.78 is 40.7. The van der Waals surface area contributed by atoms with E-state index in [1.54, 1.807) is 0 Å². The Morgan fingerprint density at radius 3 is 2.79 bits per heavy atom. The first-order chi connectivity index (χ1) is 11.4. The topological polar surface area (TPSA) is 73.9 Å². The molecule has 2 aliphatic rings. The van der Waals surface area contributed by atoms with Crippen LogP contribution in [0.5, 0.6) is 11.5 Å². The van der Waals surface area contributed by atoms with Crippen LogP contribution in [-0.2, 0) is 14.3 Å². The maximum atomic E-state index is 11.8. The van der Waals surface area contributed by atoms with Gasteiger partial charge in [-0.15, -0.1) is 0 Å². The fraction of sp³-hybridized carbons (Fsp3) is 0.647. The number of rotatable bonds is 5. The summed E-state index contributed by atoms with van der Waals surface area (Å²) in [6.07, 6.45) is 2.83. The van der Waals surface area contributed by atoms with Gasteiger partial charge in [0.15, 0.2) is 11.5 Å². The lowest BCUT2D eigenvalue weighted by Crippen LogP contribution is -2.49. The molecule has 0 saturated carbocycles. The van der Waals surface area contributed by atoms with Crippen LogP contribution < -0.4 is 14.8 Å². The van der Waals surface area contributed by atoms with Crippen molar-refractivity contribution in [3.63, 3.8) is 0 Å². The summed E-state index contributed by atoms with van der Waals surface area (Å²) in [6, 6.07) is 7.51. The highest BCUT2D eigenvalue weighted by Crippen LogP contribution is 2.37. The van der Waals surface area contributed by atoms with Crippen LogP contribution in [0.25, 0.3) is 0 Å². The number of hydrogen-bond donors (Lipinski definition) is 1. The molecular weight excluding hydrogens is 330 g/mol. The molecule has 1 saturated heterocycles. The summed E-state index contributed by atoms with van der Waals surface area (Å²) in [5.74, 6) is 1.42. The van der Waals surface area contributed by atoms with Gasteiger partial charge in [0.25, 0.3) is 10.1 Å². The van der Waals surface area contributed by atoms with Crippen LogP contribution >= 0.6 is 0 Å². The minimum absolute atomic E-state index is 0.231. The smallest absolute Gasteiger partial charge is 0.264 e. The predicted octanol–water partition coefficient (Wildman–Crippen LogP) is 1.95. The van der Waals surface area contributed by atoms with E-state index in [2.05, 4.69) is 12.2 Å². The molecule has 2 aliphatic heterocycles. The van der Waals surface area contributed by atoms with Crippen LogP contribution in [0.4, 0.5) is 0 Å². The minimum Gasteiger partial charge on any atom is -0.486 e. The SMILES string of the molecule is CC1(C(CC2COc3ccccc3O2)OS(C)(=O)=O)CCCNC1. The highest BCUT2D eigenvalue weighted by Gasteiger charge is 2.41. The van der Waals surface area contributed by atoms with Gasteiger partial charge < -0.3 is 14.8 Å². The van der Waals surface area contributed by atoms with E-state index < -0.39 is 16.2 Å². The van der Waals surface area contributed by atoms with Gasteiger partial charge in [-0.2, -0.15) is 8.42 Å². The Labute approximate surface area is 143 Å². The second-order valence-corrected chi connectivity index (χ2v) is 8.56. The minimum atomic E-state index is -3.55. The third-order valence-electron chi connectivity index (χ3n) is 4.74. The molecule has 1 aromatic carbocycles. The fourth-order valence-corrected chi connectivity index (χ4v) is 4.16. The molecule has 24 heavy (non-hydrogen) atoms. The van der Waals surface area contributed by atoms with E-state index in [0.717, 1.165) is 37.9 Å². The Bertz CT molecular complexity index is 669. The first-order valence-electron chi connectivity index (χ1n) is 8.33. The van der Waals surface area contributed by atoms with Crippen molar-refractivity contribution in [2.75, 3.05) is 26.0 Å². The molecule has 134 valence electrons. The molecule has 0 aliphatic carbocycles. The van der Waals surface area contributed by atoms with Gasteiger partial charge in [0, 0.05) is 18.4 Å². The Morgan fingerprint density at radius 1 is 1.38 bits per heavy atom. The molecule has 0 aromatic heterocycles. The second kappa shape index (κ2) is 6.90. The lowest BCUT2D eigenvalue weighted by atomic mass is 9.76. The van der Waals surface area contributed by atoms with Crippen LogP contribution in [0.1, 0.15) is 26.2 Å². The first kappa shape index (κ1) is 17.5. The van der Waals surface area contributed by atoms with Crippen LogP contribution in [0.3, 0.4) is 0 Å². The van der Waals surface area contributed by atoms with Gasteiger partial charge in [0.1, 0.15) is 12.7 Å². The van der Waals surface area contributed by atoms with Crippen molar-refractivity contribution in [3.05, 3.63) is 24.3 Å². The summed E-state index contributed by atoms with van der Waals surface area (Å²) in [4.78, 5) is 0. The summed E-state index contributed by atoms with van der Waals surface area (Å²) in [7, 11) is -3.55. The van der Waals surface area contributed by atoms with Gasteiger partial charge >= 0.3 is 0 Å². The van der Waals surface area contributed by atoms with Crippen molar-refractivity contribution in [2.24, 2.45) is 5.41 Å². The Hall–Kier alpha value is -1.31. The van der Waals surface area contributed by atoms with Crippen molar-refractivity contribution in [1.82, 2.24) is 5.32 Å². The molecule has 1 N–H and O–H groups in total. The predicted molar refractivity (Wildman–Crippen MR) is 90.9 cm³/mol. The van der Waals surface area contributed by atoms with Gasteiger partial charge in [-0.3, -0.25) is 4.18 Å². The molecule has 1 aromatic rings. The van der Waals surface area contributed by atoms with Crippen molar-refractivity contribution >= 4 is 10.1 Å². The molecule has 0 amide bonds. The third-order valence-corrected chi connectivity index (χ3v) is 5.32. The molecule has 7 heteroatoms. The van der Waals surface area contributed by atoms with Crippen molar-refractivity contribution in [2.45, 2.75) is 38.4 Å². The van der Waals surface area contributed by atoms with E-state index in [4.69, 9.17) is 13.7 Å². The van der Waals surface area contributed by atoms with E-state index >= 15 is 0 Å². The van der Waals surface area contributed by atoms with Crippen molar-refractivity contribution in [3.8, 4) is 11.5 Å². The average molecular weight is 355 g/mol. The number of piperidine rings is 1. The van der Waals surface area contributed by atoms with Crippen molar-refractivity contribution in [1.29, 1.82) is 0 Å². The maximum absolute atomic E-state index is 11.8. The highest BCUT2D eigenvalue weighted by atomic mass is 32.2. The monoisotopic (exact) mass is 355 g/mol. The lowest BCUT2D eigenvalue weighted by Gasteiger charge is -2.41. The quantitative estimate of drug-likeness (QED) is 0.814. The second-order valence-electron chi connectivity index (χ2n) is 6.96. The summed E-state index contributed by atoms with van der Waals surface area (Å²) in [5.41, 5.74) is -0.248. The Balaban J connectivity index is 1.74. The zero-order valence-corrected chi connectivity index (χ0v) is 15.0. The number of nitrogens with one attached hydrogen (secondary N) is 1. The van der Waals surface area contributed by atoms with Gasteiger partial charge in [0.05, 0.1) is 12.4 Å². The van der Waals surface area contributed by atoms with E-state index in [1.165, 1.54) is 0 Å².